The van der Waals surface area contributed by atoms with Crippen LogP contribution in [-0.2, 0) is 7.05 Å². The van der Waals surface area contributed by atoms with Gasteiger partial charge in [0.2, 0.25) is 0 Å². The van der Waals surface area contributed by atoms with Crippen LogP contribution in [0.25, 0.3) is 22.0 Å². The molecule has 152 valence electrons. The Morgan fingerprint density at radius 2 is 1.84 bits per heavy atom. The Morgan fingerprint density at radius 3 is 2.55 bits per heavy atom. The monoisotopic (exact) mass is 409 g/mol. The highest BCUT2D eigenvalue weighted by Crippen LogP contribution is 2.25. The highest BCUT2D eigenvalue weighted by molar-refractivity contribution is 6.04. The number of benzene rings is 1. The molecule has 1 amide bonds. The fourth-order valence-electron chi connectivity index (χ4n) is 3.43. The lowest BCUT2D eigenvalue weighted by molar-refractivity contribution is 0.102. The predicted octanol–water partition coefficient (Wildman–Crippen LogP) is 3.74. The highest BCUT2D eigenvalue weighted by atomic mass is 16.1. The molecule has 0 aliphatic carbocycles. The van der Waals surface area contributed by atoms with Crippen molar-refractivity contribution in [2.75, 3.05) is 5.32 Å². The first kappa shape index (κ1) is 20.0. The van der Waals surface area contributed by atoms with Gasteiger partial charge in [0.15, 0.2) is 0 Å². The zero-order valence-electron chi connectivity index (χ0n) is 17.3. The quantitative estimate of drug-likeness (QED) is 0.556. The molecule has 0 unspecified atom stereocenters. The lowest BCUT2D eigenvalue weighted by Gasteiger charge is -2.13. The van der Waals surface area contributed by atoms with Gasteiger partial charge in [-0.05, 0) is 61.4 Å². The van der Waals surface area contributed by atoms with Gasteiger partial charge in [-0.2, -0.15) is 5.26 Å². The highest BCUT2D eigenvalue weighted by Gasteiger charge is 2.15. The lowest BCUT2D eigenvalue weighted by atomic mass is 9.97. The van der Waals surface area contributed by atoms with Gasteiger partial charge in [-0.25, -0.2) is 4.98 Å². The van der Waals surface area contributed by atoms with E-state index < -0.39 is 0 Å². The minimum absolute atomic E-state index is 0.146. The Hall–Kier alpha value is -4.31. The number of aromatic nitrogens is 3. The van der Waals surface area contributed by atoms with Crippen molar-refractivity contribution in [2.24, 2.45) is 7.05 Å². The maximum atomic E-state index is 13.1. The number of hydrogen-bond donors (Lipinski definition) is 1. The molecule has 1 N–H and O–H groups in total. The molecular formula is C24H19N5O2. The molecule has 7 nitrogen and oxygen atoms in total. The van der Waals surface area contributed by atoms with E-state index in [1.165, 1.54) is 6.20 Å². The smallest absolute Gasteiger partial charge is 0.258 e. The van der Waals surface area contributed by atoms with Crippen molar-refractivity contribution in [2.45, 2.75) is 13.8 Å². The summed E-state index contributed by atoms with van der Waals surface area (Å²) in [5.41, 5.74) is 4.37. The number of aryl methyl sites for hydroxylation is 3. The minimum Gasteiger partial charge on any atom is -0.311 e. The second-order valence-electron chi connectivity index (χ2n) is 7.33. The van der Waals surface area contributed by atoms with Gasteiger partial charge < -0.3 is 9.88 Å². The van der Waals surface area contributed by atoms with Crippen LogP contribution in [0.3, 0.4) is 0 Å². The molecule has 0 aliphatic heterocycles. The Kier molecular flexibility index (Phi) is 5.05. The zero-order chi connectivity index (χ0) is 22.1. The number of nitrogens with one attached hydrogen (secondary N) is 1. The standard InChI is InChI=1S/C24H19N5O2/c1-14-4-6-17(23(30)28-22-7-5-16(11-25)12-27-22)9-19(14)20-10-18-13-26-15(2)8-21(18)29(3)24(20)31/h4-10,12-13H,1-3H3,(H,27,28,30). The van der Waals surface area contributed by atoms with Crippen LogP contribution in [0.15, 0.2) is 59.7 Å². The first-order chi connectivity index (χ1) is 14.9. The lowest BCUT2D eigenvalue weighted by Crippen LogP contribution is -2.20. The van der Waals surface area contributed by atoms with Crippen molar-refractivity contribution >= 4 is 22.6 Å². The summed E-state index contributed by atoms with van der Waals surface area (Å²) < 4.78 is 1.60. The van der Waals surface area contributed by atoms with Gasteiger partial charge >= 0.3 is 0 Å². The van der Waals surface area contributed by atoms with Crippen LogP contribution in [0.5, 0.6) is 0 Å². The summed E-state index contributed by atoms with van der Waals surface area (Å²) in [6, 6.07) is 14.1. The van der Waals surface area contributed by atoms with Crippen LogP contribution >= 0.6 is 0 Å². The van der Waals surface area contributed by atoms with Crippen LogP contribution in [0.2, 0.25) is 0 Å². The molecule has 0 radical (unpaired) electrons. The molecule has 1 aromatic carbocycles. The van der Waals surface area contributed by atoms with E-state index in [-0.39, 0.29) is 11.5 Å². The fraction of sp³-hybridized carbons (Fsp3) is 0.125. The molecule has 4 aromatic rings. The van der Waals surface area contributed by atoms with E-state index in [0.717, 1.165) is 22.2 Å². The van der Waals surface area contributed by atoms with Crippen molar-refractivity contribution in [3.05, 3.63) is 87.6 Å². The molecule has 0 saturated heterocycles. The molecule has 0 bridgehead atoms. The van der Waals surface area contributed by atoms with Crippen LogP contribution in [0.1, 0.15) is 27.2 Å². The van der Waals surface area contributed by atoms with Gasteiger partial charge in [0, 0.05) is 41.6 Å². The molecule has 31 heavy (non-hydrogen) atoms. The summed E-state index contributed by atoms with van der Waals surface area (Å²) in [6.45, 7) is 3.78. The second-order valence-corrected chi connectivity index (χ2v) is 7.33. The number of carbonyl (C=O) groups is 1. The van der Waals surface area contributed by atoms with E-state index >= 15 is 0 Å². The number of fused-ring (bicyclic) bond motifs is 1. The number of nitriles is 1. The number of nitrogens with zero attached hydrogens (tertiary/aromatic N) is 4. The Balaban J connectivity index is 1.75. The van der Waals surface area contributed by atoms with Gasteiger partial charge in [-0.3, -0.25) is 14.6 Å². The van der Waals surface area contributed by atoms with Crippen LogP contribution in [0, 0.1) is 25.2 Å². The molecule has 3 heterocycles. The van der Waals surface area contributed by atoms with Gasteiger partial charge in [0.1, 0.15) is 11.9 Å². The van der Waals surface area contributed by atoms with Crippen LogP contribution in [0.4, 0.5) is 5.82 Å². The largest absolute Gasteiger partial charge is 0.311 e. The summed E-state index contributed by atoms with van der Waals surface area (Å²) >= 11 is 0. The maximum Gasteiger partial charge on any atom is 0.258 e. The van der Waals surface area contributed by atoms with E-state index in [2.05, 4.69) is 15.3 Å². The molecule has 0 fully saturated rings. The van der Waals surface area contributed by atoms with Gasteiger partial charge in [0.25, 0.3) is 11.5 Å². The van der Waals surface area contributed by atoms with Crippen molar-refractivity contribution < 1.29 is 4.79 Å². The van der Waals surface area contributed by atoms with Crippen molar-refractivity contribution in [3.63, 3.8) is 0 Å². The van der Waals surface area contributed by atoms with E-state index in [1.54, 1.807) is 42.1 Å². The van der Waals surface area contributed by atoms with Crippen LogP contribution < -0.4 is 10.9 Å². The van der Waals surface area contributed by atoms with Gasteiger partial charge in [0.05, 0.1) is 11.1 Å². The number of amides is 1. The van der Waals surface area contributed by atoms with Crippen molar-refractivity contribution in [1.82, 2.24) is 14.5 Å². The number of hydrogen-bond acceptors (Lipinski definition) is 5. The van der Waals surface area contributed by atoms with Gasteiger partial charge in [-0.1, -0.05) is 6.07 Å². The Labute approximate surface area is 178 Å². The SMILES string of the molecule is Cc1cc2c(cn1)cc(-c1cc(C(=O)Nc3ccc(C#N)cn3)ccc1C)c(=O)n2C. The molecular weight excluding hydrogens is 390 g/mol. The minimum atomic E-state index is -0.353. The average molecular weight is 409 g/mol. The average Bonchev–Trinajstić information content (AvgIpc) is 2.77. The number of carbonyl (C=O) groups excluding carboxylic acids is 1. The topological polar surface area (TPSA) is 101 Å². The molecule has 0 aliphatic rings. The number of pyridine rings is 3. The zero-order valence-corrected chi connectivity index (χ0v) is 17.3. The second kappa shape index (κ2) is 7.84. The first-order valence-electron chi connectivity index (χ1n) is 9.62. The Morgan fingerprint density at radius 1 is 1.03 bits per heavy atom. The molecule has 4 rings (SSSR count). The van der Waals surface area contributed by atoms with E-state index in [0.29, 0.717) is 28.1 Å². The third-order valence-electron chi connectivity index (χ3n) is 5.17. The third-order valence-corrected chi connectivity index (χ3v) is 5.17. The van der Waals surface area contributed by atoms with Crippen molar-refractivity contribution in [1.29, 1.82) is 5.26 Å². The van der Waals surface area contributed by atoms with Crippen LogP contribution in [-0.4, -0.2) is 20.4 Å². The normalized spacial score (nSPS) is 10.6. The summed E-state index contributed by atoms with van der Waals surface area (Å²) in [5, 5.41) is 12.4. The molecule has 0 atom stereocenters. The molecule has 7 heteroatoms. The van der Waals surface area contributed by atoms with E-state index in [4.69, 9.17) is 5.26 Å². The predicted molar refractivity (Wildman–Crippen MR) is 119 cm³/mol. The number of rotatable bonds is 3. The summed E-state index contributed by atoms with van der Waals surface area (Å²) in [4.78, 5) is 34.2. The first-order valence-corrected chi connectivity index (χ1v) is 9.62. The van der Waals surface area contributed by atoms with E-state index in [9.17, 15) is 9.59 Å². The summed E-state index contributed by atoms with van der Waals surface area (Å²) in [6.07, 6.45) is 3.14. The van der Waals surface area contributed by atoms with Crippen molar-refractivity contribution in [3.8, 4) is 17.2 Å². The van der Waals surface area contributed by atoms with E-state index in [1.807, 2.05) is 38.1 Å². The maximum absolute atomic E-state index is 13.1. The third kappa shape index (κ3) is 3.79. The molecule has 3 aromatic heterocycles. The fourth-order valence-corrected chi connectivity index (χ4v) is 3.43. The summed E-state index contributed by atoms with van der Waals surface area (Å²) in [7, 11) is 1.73. The molecule has 0 spiro atoms. The van der Waals surface area contributed by atoms with Gasteiger partial charge in [-0.15, -0.1) is 0 Å². The number of anilines is 1. The molecule has 0 saturated carbocycles. The Bertz CT molecular complexity index is 1430. The summed E-state index contributed by atoms with van der Waals surface area (Å²) in [5.74, 6) is -0.0115.